The van der Waals surface area contributed by atoms with Crippen LogP contribution in [0.25, 0.3) is 0 Å². The normalized spacial score (nSPS) is 16.2. The Bertz CT molecular complexity index is 1790. The lowest BCUT2D eigenvalue weighted by Crippen LogP contribution is -2.47. The van der Waals surface area contributed by atoms with Crippen molar-refractivity contribution in [3.05, 3.63) is 80.7 Å². The zero-order valence-electron chi connectivity index (χ0n) is 28.4. The summed E-state index contributed by atoms with van der Waals surface area (Å²) in [6.45, 7) is 1.03. The fourth-order valence-corrected chi connectivity index (χ4v) is 7.15. The molecule has 1 aliphatic carbocycles. The maximum absolute atomic E-state index is 13.9. The van der Waals surface area contributed by atoms with Crippen molar-refractivity contribution in [2.24, 2.45) is 5.92 Å². The smallest absolute Gasteiger partial charge is 0.387 e. The Morgan fingerprint density at radius 1 is 1.04 bits per heavy atom. The third kappa shape index (κ3) is 10.5. The number of anilines is 1. The number of esters is 1. The number of hydrogen-bond donors (Lipinski definition) is 0. The van der Waals surface area contributed by atoms with E-state index in [1.54, 1.807) is 0 Å². The molecule has 1 unspecified atom stereocenters. The molecule has 51 heavy (non-hydrogen) atoms. The van der Waals surface area contributed by atoms with Gasteiger partial charge in [-0.3, -0.25) is 9.21 Å². The number of carbonyl (C=O) groups is 1. The molecule has 12 nitrogen and oxygen atoms in total. The SMILES string of the molecule is COc1ccc(C(=O)OC(Cc2c(Cl)c[n+]([O-])cc2Cl)c2ccc(OC(F)F)c(OCC3CC3)c2)cc1N(CCN1CCN(C)CC1)S(C)(=O)=O. The fourth-order valence-electron chi connectivity index (χ4n) is 5.64. The topological polar surface area (TPSA) is 125 Å². The number of sulfonamides is 1. The van der Waals surface area contributed by atoms with E-state index in [1.165, 1.54) is 47.8 Å². The second-order valence-electron chi connectivity index (χ2n) is 12.6. The van der Waals surface area contributed by atoms with E-state index in [-0.39, 0.29) is 58.1 Å². The number of carbonyl (C=O) groups excluding carboxylic acids is 1. The summed E-state index contributed by atoms with van der Waals surface area (Å²) in [6, 6.07) is 8.49. The Hall–Kier alpha value is -3.63. The van der Waals surface area contributed by atoms with Crippen LogP contribution in [0.4, 0.5) is 14.5 Å². The van der Waals surface area contributed by atoms with Gasteiger partial charge in [-0.1, -0.05) is 29.3 Å². The van der Waals surface area contributed by atoms with Gasteiger partial charge in [0.1, 0.15) is 21.9 Å². The third-order valence-corrected chi connectivity index (χ3v) is 10.6. The van der Waals surface area contributed by atoms with Gasteiger partial charge < -0.3 is 29.1 Å². The molecule has 1 aromatic heterocycles. The Balaban J connectivity index is 1.47. The number of likely N-dealkylation sites (N-methyl/N-ethyl adjacent to an activating group) is 1. The quantitative estimate of drug-likeness (QED) is 0.109. The lowest BCUT2D eigenvalue weighted by atomic mass is 10.0. The highest BCUT2D eigenvalue weighted by molar-refractivity contribution is 7.92. The number of aromatic nitrogens is 1. The highest BCUT2D eigenvalue weighted by Crippen LogP contribution is 2.39. The summed E-state index contributed by atoms with van der Waals surface area (Å²) in [7, 11) is -0.390. The van der Waals surface area contributed by atoms with Crippen LogP contribution >= 0.6 is 23.2 Å². The molecule has 17 heteroatoms. The van der Waals surface area contributed by atoms with Gasteiger partial charge in [0, 0.05) is 51.3 Å². The van der Waals surface area contributed by atoms with E-state index in [0.717, 1.165) is 57.7 Å². The van der Waals surface area contributed by atoms with Crippen LogP contribution in [-0.2, 0) is 21.2 Å². The minimum Gasteiger partial charge on any atom is -0.619 e. The van der Waals surface area contributed by atoms with Crippen molar-refractivity contribution in [2.75, 3.05) is 70.6 Å². The van der Waals surface area contributed by atoms with Crippen molar-refractivity contribution in [1.29, 1.82) is 0 Å². The lowest BCUT2D eigenvalue weighted by Gasteiger charge is -2.34. The molecule has 0 bridgehead atoms. The van der Waals surface area contributed by atoms with E-state index in [9.17, 15) is 27.2 Å². The standard InChI is InChI=1S/C34H40Cl2F2N4O8S/c1-39-10-12-40(13-11-39)14-15-42(51(3,45)46)28-16-24(7-8-29(28)47-2)33(43)49-31(18-25-26(35)19-41(44)20-27(25)36)23-6-9-30(50-34(37)38)32(17-23)48-21-22-4-5-22/h6-9,16-17,19-20,22,31,34H,4-5,10-15,18,21H2,1-3H3. The van der Waals surface area contributed by atoms with Gasteiger partial charge in [-0.2, -0.15) is 13.5 Å². The number of methoxy groups -OCH3 is 1. The number of ether oxygens (including phenoxy) is 4. The van der Waals surface area contributed by atoms with Gasteiger partial charge in [0.05, 0.1) is 31.2 Å². The highest BCUT2D eigenvalue weighted by atomic mass is 35.5. The summed E-state index contributed by atoms with van der Waals surface area (Å²) >= 11 is 12.8. The Morgan fingerprint density at radius 3 is 2.31 bits per heavy atom. The Kier molecular flexibility index (Phi) is 12.7. The summed E-state index contributed by atoms with van der Waals surface area (Å²) < 4.78 is 76.4. The number of alkyl halides is 2. The summed E-state index contributed by atoms with van der Waals surface area (Å²) in [4.78, 5) is 18.3. The van der Waals surface area contributed by atoms with E-state index in [0.29, 0.717) is 28.3 Å². The molecule has 0 N–H and O–H groups in total. The van der Waals surface area contributed by atoms with Crippen LogP contribution in [0.2, 0.25) is 10.0 Å². The average Bonchev–Trinajstić information content (AvgIpc) is 3.90. The molecule has 2 fully saturated rings. The first kappa shape index (κ1) is 38.6. The highest BCUT2D eigenvalue weighted by Gasteiger charge is 2.29. The van der Waals surface area contributed by atoms with Crippen molar-refractivity contribution >= 4 is 44.9 Å². The summed E-state index contributed by atoms with van der Waals surface area (Å²) in [5.74, 6) is -0.488. The second-order valence-corrected chi connectivity index (χ2v) is 15.3. The van der Waals surface area contributed by atoms with Crippen molar-refractivity contribution < 1.29 is 45.7 Å². The molecule has 278 valence electrons. The molecular formula is C34H40Cl2F2N4O8S. The van der Waals surface area contributed by atoms with Gasteiger partial charge in [0.25, 0.3) is 0 Å². The van der Waals surface area contributed by atoms with Crippen LogP contribution in [0, 0.1) is 11.1 Å². The molecule has 3 aromatic rings. The number of pyridine rings is 1. The molecule has 2 heterocycles. The number of hydrogen-bond acceptors (Lipinski definition) is 10. The van der Waals surface area contributed by atoms with E-state index >= 15 is 0 Å². The van der Waals surface area contributed by atoms with Gasteiger partial charge in [-0.25, -0.2) is 13.2 Å². The van der Waals surface area contributed by atoms with Crippen LogP contribution in [0.3, 0.4) is 0 Å². The molecule has 2 aliphatic rings. The zero-order valence-corrected chi connectivity index (χ0v) is 30.7. The first-order chi connectivity index (χ1) is 24.2. The lowest BCUT2D eigenvalue weighted by molar-refractivity contribution is -0.605. The molecule has 1 atom stereocenters. The molecule has 2 aromatic carbocycles. The van der Waals surface area contributed by atoms with Crippen LogP contribution < -0.4 is 23.2 Å². The maximum atomic E-state index is 13.9. The fraction of sp³-hybridized carbons (Fsp3) is 0.471. The number of halogens is 4. The van der Waals surface area contributed by atoms with Gasteiger partial charge in [0.2, 0.25) is 10.0 Å². The minimum atomic E-state index is -3.82. The Labute approximate surface area is 306 Å². The molecule has 1 saturated heterocycles. The Morgan fingerprint density at radius 2 is 1.71 bits per heavy atom. The first-order valence-electron chi connectivity index (χ1n) is 16.3. The molecule has 5 rings (SSSR count). The van der Waals surface area contributed by atoms with Crippen molar-refractivity contribution in [2.45, 2.75) is 32.0 Å². The number of benzene rings is 2. The third-order valence-electron chi connectivity index (χ3n) is 8.72. The molecule has 0 amide bonds. The largest absolute Gasteiger partial charge is 0.619 e. The average molecular weight is 774 g/mol. The predicted molar refractivity (Wildman–Crippen MR) is 188 cm³/mol. The summed E-state index contributed by atoms with van der Waals surface area (Å²) in [6.07, 6.45) is 3.93. The number of piperazine rings is 1. The molecule has 0 radical (unpaired) electrons. The van der Waals surface area contributed by atoms with Crippen LogP contribution in [0.15, 0.2) is 48.8 Å². The zero-order chi connectivity index (χ0) is 36.9. The number of nitrogens with zero attached hydrogens (tertiary/aromatic N) is 4. The van der Waals surface area contributed by atoms with E-state index in [4.69, 9.17) is 37.4 Å². The minimum absolute atomic E-state index is 0.00886. The van der Waals surface area contributed by atoms with E-state index in [1.807, 2.05) is 7.05 Å². The maximum Gasteiger partial charge on any atom is 0.387 e. The van der Waals surface area contributed by atoms with Crippen LogP contribution in [0.5, 0.6) is 17.2 Å². The van der Waals surface area contributed by atoms with Crippen LogP contribution in [-0.4, -0.2) is 97.1 Å². The molecule has 0 spiro atoms. The van der Waals surface area contributed by atoms with Gasteiger partial charge in [-0.05, 0) is 61.7 Å². The number of rotatable bonds is 16. The molecular weight excluding hydrogens is 733 g/mol. The molecule has 1 saturated carbocycles. The van der Waals surface area contributed by atoms with Gasteiger partial charge in [0.15, 0.2) is 23.9 Å². The van der Waals surface area contributed by atoms with Gasteiger partial charge in [-0.15, -0.1) is 0 Å². The van der Waals surface area contributed by atoms with Crippen molar-refractivity contribution in [3.8, 4) is 17.2 Å². The van der Waals surface area contributed by atoms with E-state index < -0.39 is 28.7 Å². The first-order valence-corrected chi connectivity index (χ1v) is 18.9. The van der Waals surface area contributed by atoms with Crippen LogP contribution in [0.1, 0.15) is 40.4 Å². The van der Waals surface area contributed by atoms with Crippen molar-refractivity contribution in [3.63, 3.8) is 0 Å². The summed E-state index contributed by atoms with van der Waals surface area (Å²) in [5, 5.41) is 12.0. The second kappa shape index (κ2) is 16.8. The predicted octanol–water partition coefficient (Wildman–Crippen LogP) is 5.18. The van der Waals surface area contributed by atoms with Gasteiger partial charge >= 0.3 is 12.6 Å². The van der Waals surface area contributed by atoms with Crippen molar-refractivity contribution in [1.82, 2.24) is 9.80 Å². The monoisotopic (exact) mass is 772 g/mol. The molecule has 1 aliphatic heterocycles. The summed E-state index contributed by atoms with van der Waals surface area (Å²) in [5.41, 5.74) is 0.785. The van der Waals surface area contributed by atoms with E-state index in [2.05, 4.69) is 14.5 Å².